The second-order valence-corrected chi connectivity index (χ2v) is 7.51. The average molecular weight is 358 g/mol. The molecule has 6 heteroatoms. The molecule has 0 bridgehead atoms. The first-order valence-corrected chi connectivity index (χ1v) is 9.34. The van der Waals surface area contributed by atoms with Crippen LogP contribution in [-0.2, 0) is 19.5 Å². The van der Waals surface area contributed by atoms with E-state index in [0.717, 1.165) is 55.2 Å². The molecule has 1 aromatic carbocycles. The van der Waals surface area contributed by atoms with Crippen molar-refractivity contribution in [2.24, 2.45) is 5.92 Å². The normalized spacial score (nSPS) is 18.8. The number of piperidine rings is 1. The Morgan fingerprint density at radius 1 is 1.15 bits per heavy atom. The van der Waals surface area contributed by atoms with Crippen molar-refractivity contribution in [3.05, 3.63) is 52.9 Å². The quantitative estimate of drug-likeness (QED) is 0.840. The lowest BCUT2D eigenvalue weighted by Crippen LogP contribution is -2.35. The lowest BCUT2D eigenvalue weighted by atomic mass is 9.99. The van der Waals surface area contributed by atoms with E-state index in [1.165, 1.54) is 25.0 Å². The Kier molecular flexibility index (Phi) is 4.85. The molecule has 1 aromatic heterocycles. The van der Waals surface area contributed by atoms with Gasteiger partial charge in [0.1, 0.15) is 11.6 Å². The van der Waals surface area contributed by atoms with Gasteiger partial charge in [-0.2, -0.15) is 0 Å². The van der Waals surface area contributed by atoms with Crippen LogP contribution in [0.4, 0.5) is 14.7 Å². The number of fused-ring (bicyclic) bond motifs is 1. The number of benzene rings is 1. The van der Waals surface area contributed by atoms with Crippen LogP contribution in [0.5, 0.6) is 0 Å². The Balaban J connectivity index is 1.44. The Morgan fingerprint density at radius 2 is 1.96 bits per heavy atom. The fraction of sp³-hybridized carbons (Fsp3) is 0.500. The van der Waals surface area contributed by atoms with Gasteiger partial charge in [-0.25, -0.2) is 18.7 Å². The molecule has 26 heavy (non-hydrogen) atoms. The molecular weight excluding hydrogens is 334 g/mol. The number of anilines is 1. The van der Waals surface area contributed by atoms with Crippen LogP contribution in [0, 0.1) is 17.6 Å². The minimum atomic E-state index is -0.539. The van der Waals surface area contributed by atoms with Crippen molar-refractivity contribution in [1.82, 2.24) is 14.9 Å². The lowest BCUT2D eigenvalue weighted by Gasteiger charge is -2.32. The maximum atomic E-state index is 13.9. The highest BCUT2D eigenvalue weighted by Crippen LogP contribution is 2.24. The molecule has 0 atom stereocenters. The Labute approximate surface area is 152 Å². The third-order valence-electron chi connectivity index (χ3n) is 5.48. The van der Waals surface area contributed by atoms with Crippen LogP contribution < -0.4 is 4.90 Å². The maximum Gasteiger partial charge on any atom is 0.225 e. The molecule has 0 unspecified atom stereocenters. The first-order valence-electron chi connectivity index (χ1n) is 9.34. The molecule has 0 aliphatic carbocycles. The third kappa shape index (κ3) is 3.70. The first-order chi connectivity index (χ1) is 12.6. The molecule has 0 N–H and O–H groups in total. The molecule has 1 fully saturated rings. The van der Waals surface area contributed by atoms with Gasteiger partial charge in [0.15, 0.2) is 0 Å². The van der Waals surface area contributed by atoms with Crippen LogP contribution in [0.25, 0.3) is 0 Å². The van der Waals surface area contributed by atoms with Crippen molar-refractivity contribution in [3.8, 4) is 0 Å². The molecule has 2 aromatic rings. The van der Waals surface area contributed by atoms with Gasteiger partial charge in [-0.1, -0.05) is 13.0 Å². The van der Waals surface area contributed by atoms with Crippen molar-refractivity contribution >= 4 is 5.95 Å². The predicted octanol–water partition coefficient (Wildman–Crippen LogP) is 3.55. The van der Waals surface area contributed by atoms with Crippen molar-refractivity contribution in [2.75, 3.05) is 24.5 Å². The van der Waals surface area contributed by atoms with Gasteiger partial charge in [0, 0.05) is 62.5 Å². The lowest BCUT2D eigenvalue weighted by molar-refractivity contribution is 0.239. The van der Waals surface area contributed by atoms with Gasteiger partial charge in [0.2, 0.25) is 5.95 Å². The summed E-state index contributed by atoms with van der Waals surface area (Å²) >= 11 is 0. The van der Waals surface area contributed by atoms with Crippen molar-refractivity contribution in [2.45, 2.75) is 39.3 Å². The van der Waals surface area contributed by atoms with E-state index in [0.29, 0.717) is 18.7 Å². The Morgan fingerprint density at radius 3 is 2.73 bits per heavy atom. The van der Waals surface area contributed by atoms with Gasteiger partial charge in [0.05, 0.1) is 5.69 Å². The average Bonchev–Trinajstić information content (AvgIpc) is 2.64. The van der Waals surface area contributed by atoms with E-state index in [9.17, 15) is 8.78 Å². The van der Waals surface area contributed by atoms with Crippen LogP contribution in [-0.4, -0.2) is 34.5 Å². The highest BCUT2D eigenvalue weighted by atomic mass is 19.1. The first kappa shape index (κ1) is 17.3. The highest BCUT2D eigenvalue weighted by molar-refractivity contribution is 5.35. The fourth-order valence-corrected chi connectivity index (χ4v) is 3.75. The molecule has 0 amide bonds. The van der Waals surface area contributed by atoms with Gasteiger partial charge >= 0.3 is 0 Å². The molecule has 0 radical (unpaired) electrons. The highest BCUT2D eigenvalue weighted by Gasteiger charge is 2.22. The Hall–Kier alpha value is -2.08. The van der Waals surface area contributed by atoms with Gasteiger partial charge in [-0.05, 0) is 24.8 Å². The minimum Gasteiger partial charge on any atom is -0.341 e. The summed E-state index contributed by atoms with van der Waals surface area (Å²) in [5, 5.41) is 0. The molecule has 2 aliphatic rings. The summed E-state index contributed by atoms with van der Waals surface area (Å²) in [5.41, 5.74) is 2.73. The van der Waals surface area contributed by atoms with Crippen LogP contribution in [0.1, 0.15) is 36.6 Å². The van der Waals surface area contributed by atoms with Crippen molar-refractivity contribution in [1.29, 1.82) is 0 Å². The summed E-state index contributed by atoms with van der Waals surface area (Å²) in [6.07, 6.45) is 5.13. The van der Waals surface area contributed by atoms with E-state index in [1.807, 2.05) is 6.20 Å². The van der Waals surface area contributed by atoms with Gasteiger partial charge in [-0.3, -0.25) is 4.90 Å². The number of aromatic nitrogens is 2. The standard InChI is InChI=1S/C20H24F2N4/c1-14-4-8-26(9-5-14)20-23-11-16-13-25(7-6-19(16)24-20)12-15-2-3-17(21)10-18(15)22/h2-3,10-11,14H,4-9,12-13H2,1H3. The molecule has 4 rings (SSSR count). The van der Waals surface area contributed by atoms with Gasteiger partial charge in [-0.15, -0.1) is 0 Å². The summed E-state index contributed by atoms with van der Waals surface area (Å²) < 4.78 is 27.0. The van der Waals surface area contributed by atoms with Crippen LogP contribution >= 0.6 is 0 Å². The van der Waals surface area contributed by atoms with Crippen molar-refractivity contribution < 1.29 is 8.78 Å². The van der Waals surface area contributed by atoms with E-state index >= 15 is 0 Å². The number of nitrogens with zero attached hydrogens (tertiary/aromatic N) is 4. The second kappa shape index (κ2) is 7.27. The van der Waals surface area contributed by atoms with Gasteiger partial charge in [0.25, 0.3) is 0 Å². The van der Waals surface area contributed by atoms with Crippen LogP contribution in [0.15, 0.2) is 24.4 Å². The SMILES string of the molecule is CC1CCN(c2ncc3c(n2)CCN(Cc2ccc(F)cc2F)C3)CC1. The largest absolute Gasteiger partial charge is 0.341 e. The van der Waals surface area contributed by atoms with Crippen LogP contribution in [0.2, 0.25) is 0 Å². The molecule has 4 nitrogen and oxygen atoms in total. The third-order valence-corrected chi connectivity index (χ3v) is 5.48. The topological polar surface area (TPSA) is 32.3 Å². The molecule has 0 saturated carbocycles. The van der Waals surface area contributed by atoms with E-state index in [-0.39, 0.29) is 0 Å². The zero-order chi connectivity index (χ0) is 18.1. The second-order valence-electron chi connectivity index (χ2n) is 7.51. The van der Waals surface area contributed by atoms with Crippen molar-refractivity contribution in [3.63, 3.8) is 0 Å². The zero-order valence-corrected chi connectivity index (χ0v) is 15.1. The molecule has 3 heterocycles. The number of halogens is 2. The molecular formula is C20H24F2N4. The number of hydrogen-bond donors (Lipinski definition) is 0. The monoisotopic (exact) mass is 358 g/mol. The summed E-state index contributed by atoms with van der Waals surface area (Å²) in [7, 11) is 0. The van der Waals surface area contributed by atoms with E-state index < -0.39 is 11.6 Å². The smallest absolute Gasteiger partial charge is 0.225 e. The van der Waals surface area contributed by atoms with Gasteiger partial charge < -0.3 is 4.90 Å². The minimum absolute atomic E-state index is 0.470. The van der Waals surface area contributed by atoms with E-state index in [1.54, 1.807) is 0 Å². The molecule has 0 spiro atoms. The molecule has 2 aliphatic heterocycles. The summed E-state index contributed by atoms with van der Waals surface area (Å²) in [4.78, 5) is 13.8. The predicted molar refractivity (Wildman–Crippen MR) is 96.8 cm³/mol. The number of hydrogen-bond acceptors (Lipinski definition) is 4. The summed E-state index contributed by atoms with van der Waals surface area (Å²) in [5.74, 6) is 0.600. The summed E-state index contributed by atoms with van der Waals surface area (Å²) in [6, 6.07) is 3.78. The van der Waals surface area contributed by atoms with Crippen LogP contribution in [0.3, 0.4) is 0 Å². The summed E-state index contributed by atoms with van der Waals surface area (Å²) in [6.45, 7) is 6.33. The maximum absolute atomic E-state index is 13.9. The Bertz CT molecular complexity index is 787. The van der Waals surface area contributed by atoms with E-state index in [4.69, 9.17) is 4.98 Å². The number of rotatable bonds is 3. The van der Waals surface area contributed by atoms with E-state index in [2.05, 4.69) is 21.7 Å². The molecule has 1 saturated heterocycles. The zero-order valence-electron chi connectivity index (χ0n) is 15.1. The fourth-order valence-electron chi connectivity index (χ4n) is 3.75. The molecule has 138 valence electrons.